The summed E-state index contributed by atoms with van der Waals surface area (Å²) >= 11 is 0. The van der Waals surface area contributed by atoms with Crippen LogP contribution in [0.3, 0.4) is 0 Å². The molecule has 0 aliphatic carbocycles. The number of nitrogens with zero attached hydrogens (tertiary/aromatic N) is 1. The summed E-state index contributed by atoms with van der Waals surface area (Å²) in [7, 11) is 0. The number of H-pyrrole nitrogens is 1. The second-order valence-electron chi connectivity index (χ2n) is 5.78. The summed E-state index contributed by atoms with van der Waals surface area (Å²) in [4.78, 5) is 12.3. The van der Waals surface area contributed by atoms with E-state index in [1.165, 1.54) is 12.1 Å². The molecule has 1 atom stereocenters. The number of halogens is 1. The molecule has 4 N–H and O–H groups in total. The van der Waals surface area contributed by atoms with Gasteiger partial charge in [0, 0.05) is 24.1 Å². The summed E-state index contributed by atoms with van der Waals surface area (Å²) in [5.41, 5.74) is 3.15. The van der Waals surface area contributed by atoms with Crippen molar-refractivity contribution in [2.24, 2.45) is 0 Å². The van der Waals surface area contributed by atoms with Gasteiger partial charge in [0.25, 0.3) is 0 Å². The van der Waals surface area contributed by atoms with Crippen LogP contribution in [0.1, 0.15) is 18.0 Å². The van der Waals surface area contributed by atoms with Crippen molar-refractivity contribution >= 4 is 11.7 Å². The minimum absolute atomic E-state index is 0.124. The number of aromatic amines is 1. The number of hydrogen-bond donors (Lipinski definition) is 4. The third kappa shape index (κ3) is 4.46. The molecule has 3 aromatic rings. The molecule has 0 saturated carbocycles. The number of urea groups is 1. The van der Waals surface area contributed by atoms with Crippen LogP contribution in [0.5, 0.6) is 0 Å². The standard InChI is InChI=1S/C19H19FN4O2/c20-16-3-1-2-14(10-16)18(8-9-25)24-19(26)23-17-6-4-13(5-7-17)15-11-21-22-12-15/h1-7,10-12,18,25H,8-9H2,(H,21,22)(H2,23,24,26). The maximum absolute atomic E-state index is 13.4. The van der Waals surface area contributed by atoms with Gasteiger partial charge in [-0.15, -0.1) is 0 Å². The number of amides is 2. The number of rotatable bonds is 6. The molecular formula is C19H19FN4O2. The Bertz CT molecular complexity index is 850. The second-order valence-corrected chi connectivity index (χ2v) is 5.78. The Labute approximate surface area is 150 Å². The zero-order chi connectivity index (χ0) is 18.4. The summed E-state index contributed by atoms with van der Waals surface area (Å²) < 4.78 is 13.4. The van der Waals surface area contributed by atoms with Gasteiger partial charge in [-0.3, -0.25) is 5.10 Å². The van der Waals surface area contributed by atoms with Crippen molar-refractivity contribution in [3.8, 4) is 11.1 Å². The highest BCUT2D eigenvalue weighted by atomic mass is 19.1. The summed E-state index contributed by atoms with van der Waals surface area (Å²) in [5, 5.41) is 21.4. The SMILES string of the molecule is O=C(Nc1ccc(-c2cn[nH]c2)cc1)NC(CCO)c1cccc(F)c1. The average Bonchev–Trinajstić information content (AvgIpc) is 3.17. The number of carbonyl (C=O) groups is 1. The van der Waals surface area contributed by atoms with E-state index in [4.69, 9.17) is 0 Å². The molecule has 1 heterocycles. The summed E-state index contributed by atoms with van der Waals surface area (Å²) in [6.45, 7) is -0.124. The number of carbonyl (C=O) groups excluding carboxylic acids is 1. The van der Waals surface area contributed by atoms with E-state index < -0.39 is 12.1 Å². The molecule has 0 spiro atoms. The average molecular weight is 354 g/mol. The maximum atomic E-state index is 13.4. The molecule has 134 valence electrons. The summed E-state index contributed by atoms with van der Waals surface area (Å²) in [6.07, 6.45) is 3.79. The largest absolute Gasteiger partial charge is 0.396 e. The predicted octanol–water partition coefficient (Wildman–Crippen LogP) is 3.46. The lowest BCUT2D eigenvalue weighted by atomic mass is 10.0. The molecule has 2 aromatic carbocycles. The van der Waals surface area contributed by atoms with E-state index >= 15 is 0 Å². The fourth-order valence-corrected chi connectivity index (χ4v) is 2.65. The number of benzene rings is 2. The van der Waals surface area contributed by atoms with Gasteiger partial charge in [0.2, 0.25) is 0 Å². The number of aliphatic hydroxyl groups is 1. The molecule has 6 nitrogen and oxygen atoms in total. The molecule has 1 unspecified atom stereocenters. The third-order valence-corrected chi connectivity index (χ3v) is 3.95. The highest BCUT2D eigenvalue weighted by Crippen LogP contribution is 2.21. The van der Waals surface area contributed by atoms with Crippen molar-refractivity contribution in [2.45, 2.75) is 12.5 Å². The van der Waals surface area contributed by atoms with Gasteiger partial charge in [0.05, 0.1) is 12.2 Å². The lowest BCUT2D eigenvalue weighted by molar-refractivity contribution is 0.239. The first-order chi connectivity index (χ1) is 12.7. The third-order valence-electron chi connectivity index (χ3n) is 3.95. The van der Waals surface area contributed by atoms with Gasteiger partial charge in [0.1, 0.15) is 5.82 Å². The molecule has 0 saturated heterocycles. The minimum atomic E-state index is -0.485. The van der Waals surface area contributed by atoms with E-state index in [0.29, 0.717) is 11.3 Å². The van der Waals surface area contributed by atoms with E-state index in [2.05, 4.69) is 20.8 Å². The first-order valence-corrected chi connectivity index (χ1v) is 8.19. The van der Waals surface area contributed by atoms with Gasteiger partial charge in [-0.25, -0.2) is 9.18 Å². The molecule has 3 rings (SSSR count). The maximum Gasteiger partial charge on any atom is 0.319 e. The lowest BCUT2D eigenvalue weighted by Gasteiger charge is -2.19. The lowest BCUT2D eigenvalue weighted by Crippen LogP contribution is -2.33. The molecule has 2 amide bonds. The van der Waals surface area contributed by atoms with Crippen LogP contribution in [-0.2, 0) is 0 Å². The molecule has 0 aliphatic rings. The van der Waals surface area contributed by atoms with Gasteiger partial charge >= 0.3 is 6.03 Å². The fourth-order valence-electron chi connectivity index (χ4n) is 2.65. The van der Waals surface area contributed by atoms with E-state index in [9.17, 15) is 14.3 Å². The zero-order valence-electron chi connectivity index (χ0n) is 13.9. The number of hydrogen-bond acceptors (Lipinski definition) is 3. The van der Waals surface area contributed by atoms with Crippen molar-refractivity contribution < 1.29 is 14.3 Å². The normalized spacial score (nSPS) is 11.8. The number of aromatic nitrogens is 2. The Balaban J connectivity index is 1.64. The van der Waals surface area contributed by atoms with Crippen LogP contribution in [-0.4, -0.2) is 27.9 Å². The zero-order valence-corrected chi connectivity index (χ0v) is 13.9. The van der Waals surface area contributed by atoms with Crippen LogP contribution in [0.4, 0.5) is 14.9 Å². The second kappa shape index (κ2) is 8.26. The molecule has 0 bridgehead atoms. The van der Waals surface area contributed by atoms with Gasteiger partial charge in [-0.05, 0) is 41.8 Å². The molecule has 0 aliphatic heterocycles. The summed E-state index contributed by atoms with van der Waals surface area (Å²) in [5.74, 6) is -0.387. The highest BCUT2D eigenvalue weighted by molar-refractivity contribution is 5.89. The molecular weight excluding hydrogens is 335 g/mol. The molecule has 1 aromatic heterocycles. The van der Waals surface area contributed by atoms with Crippen molar-refractivity contribution in [1.29, 1.82) is 0 Å². The fraction of sp³-hybridized carbons (Fsp3) is 0.158. The van der Waals surface area contributed by atoms with Crippen LogP contribution < -0.4 is 10.6 Å². The highest BCUT2D eigenvalue weighted by Gasteiger charge is 2.15. The van der Waals surface area contributed by atoms with E-state index in [1.54, 1.807) is 36.7 Å². The summed E-state index contributed by atoms with van der Waals surface area (Å²) in [6, 6.07) is 12.4. The quantitative estimate of drug-likeness (QED) is 0.546. The number of anilines is 1. The van der Waals surface area contributed by atoms with Crippen LogP contribution >= 0.6 is 0 Å². The molecule has 0 radical (unpaired) electrons. The van der Waals surface area contributed by atoms with Gasteiger partial charge in [0.15, 0.2) is 0 Å². The molecule has 26 heavy (non-hydrogen) atoms. The van der Waals surface area contributed by atoms with Gasteiger partial charge < -0.3 is 15.7 Å². The van der Waals surface area contributed by atoms with Crippen molar-refractivity contribution in [3.63, 3.8) is 0 Å². The molecule has 7 heteroatoms. The van der Waals surface area contributed by atoms with E-state index in [0.717, 1.165) is 11.1 Å². The van der Waals surface area contributed by atoms with Crippen molar-refractivity contribution in [3.05, 3.63) is 72.3 Å². The van der Waals surface area contributed by atoms with Crippen molar-refractivity contribution in [2.75, 3.05) is 11.9 Å². The van der Waals surface area contributed by atoms with Crippen molar-refractivity contribution in [1.82, 2.24) is 15.5 Å². The van der Waals surface area contributed by atoms with Gasteiger partial charge in [-0.1, -0.05) is 24.3 Å². The first kappa shape index (κ1) is 17.6. The smallest absolute Gasteiger partial charge is 0.319 e. The van der Waals surface area contributed by atoms with Crippen LogP contribution in [0.25, 0.3) is 11.1 Å². The van der Waals surface area contributed by atoms with Crippen LogP contribution in [0.15, 0.2) is 60.9 Å². The minimum Gasteiger partial charge on any atom is -0.396 e. The Morgan fingerprint density at radius 3 is 2.65 bits per heavy atom. The van der Waals surface area contributed by atoms with E-state index in [1.807, 2.05) is 12.1 Å². The van der Waals surface area contributed by atoms with Gasteiger partial charge in [-0.2, -0.15) is 5.10 Å². The Kier molecular flexibility index (Phi) is 5.60. The van der Waals surface area contributed by atoms with Crippen LogP contribution in [0, 0.1) is 5.82 Å². The number of aliphatic hydroxyl groups excluding tert-OH is 1. The van der Waals surface area contributed by atoms with E-state index in [-0.39, 0.29) is 18.8 Å². The first-order valence-electron chi connectivity index (χ1n) is 8.19. The topological polar surface area (TPSA) is 90.0 Å². The molecule has 0 fully saturated rings. The monoisotopic (exact) mass is 354 g/mol. The number of nitrogens with one attached hydrogen (secondary N) is 3. The Morgan fingerprint density at radius 2 is 2.00 bits per heavy atom. The Morgan fingerprint density at radius 1 is 1.19 bits per heavy atom. The van der Waals surface area contributed by atoms with Crippen LogP contribution in [0.2, 0.25) is 0 Å². The Hall–Kier alpha value is -3.19. The predicted molar refractivity (Wildman–Crippen MR) is 97.0 cm³/mol.